The Labute approximate surface area is 182 Å². The summed E-state index contributed by atoms with van der Waals surface area (Å²) in [7, 11) is 0. The summed E-state index contributed by atoms with van der Waals surface area (Å²) in [6.45, 7) is 1.81. The number of aromatic carboxylic acids is 4. The van der Waals surface area contributed by atoms with Gasteiger partial charge in [-0.05, 0) is 46.5 Å². The number of carboxylic acid groups (broad SMARTS) is 4. The minimum Gasteiger partial charge on any atom is -0.478 e. The molecule has 0 saturated heterocycles. The van der Waals surface area contributed by atoms with Crippen molar-refractivity contribution in [1.29, 1.82) is 0 Å². The maximum Gasteiger partial charge on any atom is 0.336 e. The first-order valence-corrected chi connectivity index (χ1v) is 9.42. The summed E-state index contributed by atoms with van der Waals surface area (Å²) in [5.41, 5.74) is 1.06. The Morgan fingerprint density at radius 3 is 1.69 bits per heavy atom. The second-order valence-electron chi connectivity index (χ2n) is 7.09. The van der Waals surface area contributed by atoms with E-state index in [0.717, 1.165) is 5.56 Å². The lowest BCUT2D eigenvalue weighted by Gasteiger charge is -2.19. The van der Waals surface area contributed by atoms with Crippen LogP contribution in [0, 0.1) is 0 Å². The molecule has 3 aromatic rings. The van der Waals surface area contributed by atoms with Gasteiger partial charge < -0.3 is 20.4 Å². The van der Waals surface area contributed by atoms with Gasteiger partial charge in [0.05, 0.1) is 22.3 Å². The van der Waals surface area contributed by atoms with Crippen LogP contribution in [-0.2, 0) is 0 Å². The van der Waals surface area contributed by atoms with Crippen molar-refractivity contribution in [1.82, 2.24) is 0 Å². The molecular weight excluding hydrogens is 416 g/mol. The third-order valence-corrected chi connectivity index (χ3v) is 5.22. The molecule has 8 nitrogen and oxygen atoms in total. The van der Waals surface area contributed by atoms with Crippen LogP contribution in [0.4, 0.5) is 0 Å². The molecule has 0 amide bonds. The molecular formula is C24H18O8. The first kappa shape index (κ1) is 22.2. The van der Waals surface area contributed by atoms with E-state index in [0.29, 0.717) is 16.7 Å². The van der Waals surface area contributed by atoms with Gasteiger partial charge in [0.25, 0.3) is 0 Å². The summed E-state index contributed by atoms with van der Waals surface area (Å²) >= 11 is 0. The van der Waals surface area contributed by atoms with E-state index in [-0.39, 0.29) is 28.2 Å². The number of carbonyl (C=O) groups is 4. The van der Waals surface area contributed by atoms with Crippen LogP contribution in [0.5, 0.6) is 0 Å². The maximum absolute atomic E-state index is 11.6. The van der Waals surface area contributed by atoms with Crippen LogP contribution in [0.25, 0.3) is 11.1 Å². The minimum atomic E-state index is -1.37. The Balaban J connectivity index is 2.14. The highest BCUT2D eigenvalue weighted by Gasteiger charge is 2.22. The lowest BCUT2D eigenvalue weighted by atomic mass is 9.85. The fourth-order valence-electron chi connectivity index (χ4n) is 3.59. The predicted octanol–water partition coefficient (Wildman–Crippen LogP) is 4.30. The van der Waals surface area contributed by atoms with Gasteiger partial charge in [0.1, 0.15) is 0 Å². The van der Waals surface area contributed by atoms with E-state index in [2.05, 4.69) is 0 Å². The Kier molecular flexibility index (Phi) is 6.06. The SMILES string of the molecule is CC(c1ccc(C(=O)O)c(C(=O)O)c1)c1ccccc1-c1ccc(C(=O)O)c(C(=O)O)c1. The maximum atomic E-state index is 11.6. The number of hydrogen-bond donors (Lipinski definition) is 4. The fraction of sp³-hybridized carbons (Fsp3) is 0.0833. The van der Waals surface area contributed by atoms with Gasteiger partial charge in [-0.1, -0.05) is 43.3 Å². The van der Waals surface area contributed by atoms with Crippen molar-refractivity contribution >= 4 is 23.9 Å². The molecule has 0 bridgehead atoms. The summed E-state index contributed by atoms with van der Waals surface area (Å²) in [4.78, 5) is 45.8. The summed E-state index contributed by atoms with van der Waals surface area (Å²) in [6.07, 6.45) is 0. The zero-order chi connectivity index (χ0) is 23.6. The molecule has 0 heterocycles. The van der Waals surface area contributed by atoms with Crippen molar-refractivity contribution in [3.05, 3.63) is 94.0 Å². The normalized spacial score (nSPS) is 11.5. The van der Waals surface area contributed by atoms with Gasteiger partial charge in [-0.25, -0.2) is 19.2 Å². The smallest absolute Gasteiger partial charge is 0.336 e. The fourth-order valence-corrected chi connectivity index (χ4v) is 3.59. The summed E-state index contributed by atoms with van der Waals surface area (Å²) in [6, 6.07) is 15.2. The largest absolute Gasteiger partial charge is 0.478 e. The van der Waals surface area contributed by atoms with Crippen molar-refractivity contribution in [2.75, 3.05) is 0 Å². The molecule has 4 N–H and O–H groups in total. The van der Waals surface area contributed by atoms with Gasteiger partial charge >= 0.3 is 23.9 Å². The van der Waals surface area contributed by atoms with Gasteiger partial charge in [-0.2, -0.15) is 0 Å². The van der Waals surface area contributed by atoms with Gasteiger partial charge in [0.2, 0.25) is 0 Å². The van der Waals surface area contributed by atoms with Crippen LogP contribution in [0.15, 0.2) is 60.7 Å². The van der Waals surface area contributed by atoms with Crippen LogP contribution >= 0.6 is 0 Å². The summed E-state index contributed by atoms with van der Waals surface area (Å²) < 4.78 is 0. The molecule has 0 aliphatic carbocycles. The molecule has 0 aromatic heterocycles. The molecule has 0 saturated carbocycles. The zero-order valence-corrected chi connectivity index (χ0v) is 16.8. The number of benzene rings is 3. The van der Waals surface area contributed by atoms with E-state index < -0.39 is 23.9 Å². The van der Waals surface area contributed by atoms with E-state index in [9.17, 15) is 39.6 Å². The van der Waals surface area contributed by atoms with E-state index >= 15 is 0 Å². The van der Waals surface area contributed by atoms with Crippen molar-refractivity contribution < 1.29 is 39.6 Å². The Hall–Kier alpha value is -4.46. The number of rotatable bonds is 7. The molecule has 0 spiro atoms. The van der Waals surface area contributed by atoms with Gasteiger partial charge in [-0.3, -0.25) is 0 Å². The Morgan fingerprint density at radius 2 is 1.12 bits per heavy atom. The van der Waals surface area contributed by atoms with Crippen molar-refractivity contribution in [3.63, 3.8) is 0 Å². The van der Waals surface area contributed by atoms with E-state index in [1.807, 2.05) is 6.92 Å². The first-order valence-electron chi connectivity index (χ1n) is 9.42. The lowest BCUT2D eigenvalue weighted by Crippen LogP contribution is -2.10. The van der Waals surface area contributed by atoms with Gasteiger partial charge in [-0.15, -0.1) is 0 Å². The molecule has 1 atom stereocenters. The van der Waals surface area contributed by atoms with Crippen molar-refractivity contribution in [2.24, 2.45) is 0 Å². The van der Waals surface area contributed by atoms with Crippen LogP contribution in [0.3, 0.4) is 0 Å². The topological polar surface area (TPSA) is 149 Å². The third kappa shape index (κ3) is 4.20. The van der Waals surface area contributed by atoms with Gasteiger partial charge in [0, 0.05) is 5.92 Å². The Morgan fingerprint density at radius 1 is 0.625 bits per heavy atom. The molecule has 0 fully saturated rings. The molecule has 8 heteroatoms. The predicted molar refractivity (Wildman–Crippen MR) is 114 cm³/mol. The van der Waals surface area contributed by atoms with Crippen LogP contribution in [0.2, 0.25) is 0 Å². The highest BCUT2D eigenvalue weighted by molar-refractivity contribution is 6.03. The van der Waals surface area contributed by atoms with Gasteiger partial charge in [0.15, 0.2) is 0 Å². The average Bonchev–Trinajstić information content (AvgIpc) is 2.77. The van der Waals surface area contributed by atoms with Crippen molar-refractivity contribution in [3.8, 4) is 11.1 Å². The zero-order valence-electron chi connectivity index (χ0n) is 16.8. The highest BCUT2D eigenvalue weighted by Crippen LogP contribution is 2.34. The minimum absolute atomic E-state index is 0.322. The second-order valence-corrected chi connectivity index (χ2v) is 7.09. The van der Waals surface area contributed by atoms with Crippen LogP contribution in [0.1, 0.15) is 65.4 Å². The molecule has 0 radical (unpaired) electrons. The molecule has 3 aromatic carbocycles. The molecule has 1 unspecified atom stereocenters. The monoisotopic (exact) mass is 434 g/mol. The first-order chi connectivity index (χ1) is 15.1. The van der Waals surface area contributed by atoms with E-state index in [4.69, 9.17) is 0 Å². The molecule has 3 rings (SSSR count). The van der Waals surface area contributed by atoms with Crippen molar-refractivity contribution in [2.45, 2.75) is 12.8 Å². The molecule has 0 aliphatic heterocycles. The molecule has 32 heavy (non-hydrogen) atoms. The lowest BCUT2D eigenvalue weighted by molar-refractivity contribution is 0.0651. The third-order valence-electron chi connectivity index (χ3n) is 5.22. The summed E-state index contributed by atoms with van der Waals surface area (Å²) in [5, 5.41) is 37.3. The van der Waals surface area contributed by atoms with Crippen LogP contribution in [-0.4, -0.2) is 44.3 Å². The molecule has 0 aliphatic rings. The standard InChI is InChI=1S/C24H18O8/c1-12(13-6-8-17(21(25)26)19(10-13)23(29)30)15-4-2-3-5-16(15)14-7-9-18(22(27)28)20(11-14)24(31)32/h2-12H,1H3,(H,25,26)(H,27,28)(H,29,30)(H,31,32). The Bertz CT molecular complexity index is 1260. The number of hydrogen-bond acceptors (Lipinski definition) is 4. The average molecular weight is 434 g/mol. The quantitative estimate of drug-likeness (QED) is 0.430. The van der Waals surface area contributed by atoms with E-state index in [1.165, 1.54) is 36.4 Å². The molecule has 162 valence electrons. The number of carboxylic acids is 4. The summed E-state index contributed by atoms with van der Waals surface area (Å²) in [5.74, 6) is -5.80. The highest BCUT2D eigenvalue weighted by atomic mass is 16.4. The second kappa shape index (κ2) is 8.73. The van der Waals surface area contributed by atoms with E-state index in [1.54, 1.807) is 24.3 Å². The van der Waals surface area contributed by atoms with Crippen LogP contribution < -0.4 is 0 Å².